The number of aromatic nitrogens is 2. The quantitative estimate of drug-likeness (QED) is 0.330. The van der Waals surface area contributed by atoms with Crippen molar-refractivity contribution < 1.29 is 9.66 Å². The van der Waals surface area contributed by atoms with Crippen molar-refractivity contribution >= 4 is 19.6 Å². The molecule has 25 heavy (non-hydrogen) atoms. The molecule has 2 aromatic rings. The van der Waals surface area contributed by atoms with Gasteiger partial charge in [-0.25, -0.2) is 4.68 Å². The van der Waals surface area contributed by atoms with Gasteiger partial charge in [-0.2, -0.15) is 5.10 Å². The number of anilines is 1. The van der Waals surface area contributed by atoms with E-state index in [0.717, 1.165) is 35.3 Å². The highest BCUT2D eigenvalue weighted by Gasteiger charge is 2.17. The second-order valence-electron chi connectivity index (χ2n) is 7.21. The summed E-state index contributed by atoms with van der Waals surface area (Å²) >= 11 is 0. The maximum absolute atomic E-state index is 10.8. The van der Waals surface area contributed by atoms with Gasteiger partial charge in [0.05, 0.1) is 4.92 Å². The molecule has 8 heteroatoms. The standard InChI is InChI=1S/C17H26N4O3Si/c1-13-16(14-6-8-15(9-7-14)21(22)23)17(18-2)19-20(13)12-24-10-11-25(3,4)5/h6-9H,10-12H2,1-5H3,(H,18,19). The molecule has 1 N–H and O–H groups in total. The van der Waals surface area contributed by atoms with Gasteiger partial charge in [-0.15, -0.1) is 0 Å². The fourth-order valence-electron chi connectivity index (χ4n) is 2.47. The van der Waals surface area contributed by atoms with Crippen LogP contribution in [0.2, 0.25) is 25.7 Å². The van der Waals surface area contributed by atoms with E-state index in [4.69, 9.17) is 4.74 Å². The molecule has 0 aliphatic carbocycles. The third-order valence-corrected chi connectivity index (χ3v) is 5.72. The molecule has 0 amide bonds. The SMILES string of the molecule is CNc1nn(COCC[Si](C)(C)C)c(C)c1-c1ccc([N+](=O)[O-])cc1. The number of nitro groups is 1. The Morgan fingerprint density at radius 3 is 2.44 bits per heavy atom. The molecule has 0 bridgehead atoms. The fraction of sp³-hybridized carbons (Fsp3) is 0.471. The molecule has 0 aliphatic heterocycles. The van der Waals surface area contributed by atoms with Gasteiger partial charge in [-0.1, -0.05) is 19.6 Å². The molecule has 1 aromatic carbocycles. The lowest BCUT2D eigenvalue weighted by Crippen LogP contribution is -2.22. The summed E-state index contributed by atoms with van der Waals surface area (Å²) in [7, 11) is 0.702. The summed E-state index contributed by atoms with van der Waals surface area (Å²) in [5.41, 5.74) is 2.87. The molecule has 0 unspecified atom stereocenters. The predicted octanol–water partition coefficient (Wildman–Crippen LogP) is 4.12. The highest BCUT2D eigenvalue weighted by molar-refractivity contribution is 6.76. The zero-order valence-electron chi connectivity index (χ0n) is 15.5. The molecular formula is C17H26N4O3Si. The molecule has 0 saturated carbocycles. The van der Waals surface area contributed by atoms with Crippen LogP contribution < -0.4 is 5.32 Å². The normalized spacial score (nSPS) is 11.6. The van der Waals surface area contributed by atoms with Crippen molar-refractivity contribution in [1.82, 2.24) is 9.78 Å². The van der Waals surface area contributed by atoms with Crippen LogP contribution in [0, 0.1) is 17.0 Å². The summed E-state index contributed by atoms with van der Waals surface area (Å²) in [6.07, 6.45) is 0. The summed E-state index contributed by atoms with van der Waals surface area (Å²) in [4.78, 5) is 10.4. The average molecular weight is 363 g/mol. The lowest BCUT2D eigenvalue weighted by atomic mass is 10.1. The van der Waals surface area contributed by atoms with Gasteiger partial charge in [-0.3, -0.25) is 10.1 Å². The number of rotatable bonds is 8. The summed E-state index contributed by atoms with van der Waals surface area (Å²) in [5.74, 6) is 0.736. The van der Waals surface area contributed by atoms with Crippen molar-refractivity contribution in [3.8, 4) is 11.1 Å². The highest BCUT2D eigenvalue weighted by atomic mass is 28.3. The number of nitro benzene ring substituents is 1. The van der Waals surface area contributed by atoms with Crippen LogP contribution in [-0.4, -0.2) is 36.4 Å². The molecule has 1 aromatic heterocycles. The topological polar surface area (TPSA) is 82.2 Å². The molecule has 0 saturated heterocycles. The van der Waals surface area contributed by atoms with Gasteiger partial charge >= 0.3 is 0 Å². The largest absolute Gasteiger partial charge is 0.371 e. The van der Waals surface area contributed by atoms with Crippen molar-refractivity contribution in [3.05, 3.63) is 40.1 Å². The average Bonchev–Trinajstić information content (AvgIpc) is 2.87. The lowest BCUT2D eigenvalue weighted by Gasteiger charge is -2.15. The van der Waals surface area contributed by atoms with Gasteiger partial charge in [0.2, 0.25) is 0 Å². The smallest absolute Gasteiger partial charge is 0.269 e. The van der Waals surface area contributed by atoms with Crippen LogP contribution in [0.1, 0.15) is 5.69 Å². The molecule has 136 valence electrons. The van der Waals surface area contributed by atoms with Gasteiger partial charge in [0.1, 0.15) is 6.73 Å². The van der Waals surface area contributed by atoms with Crippen LogP contribution in [0.25, 0.3) is 11.1 Å². The molecular weight excluding hydrogens is 336 g/mol. The van der Waals surface area contributed by atoms with Gasteiger partial charge in [0.15, 0.2) is 5.82 Å². The van der Waals surface area contributed by atoms with Crippen molar-refractivity contribution in [2.24, 2.45) is 0 Å². The van der Waals surface area contributed by atoms with Crippen LogP contribution >= 0.6 is 0 Å². The monoisotopic (exact) mass is 362 g/mol. The van der Waals surface area contributed by atoms with Crippen molar-refractivity contribution in [3.63, 3.8) is 0 Å². The van der Waals surface area contributed by atoms with Crippen LogP contribution in [0.5, 0.6) is 0 Å². The van der Waals surface area contributed by atoms with Crippen LogP contribution in [-0.2, 0) is 11.5 Å². The third-order valence-electron chi connectivity index (χ3n) is 4.02. The Morgan fingerprint density at radius 2 is 1.92 bits per heavy atom. The molecule has 7 nitrogen and oxygen atoms in total. The second-order valence-corrected chi connectivity index (χ2v) is 12.8. The van der Waals surface area contributed by atoms with E-state index in [1.54, 1.807) is 12.1 Å². The Morgan fingerprint density at radius 1 is 1.28 bits per heavy atom. The van der Waals surface area contributed by atoms with Crippen molar-refractivity contribution in [1.29, 1.82) is 0 Å². The minimum Gasteiger partial charge on any atom is -0.371 e. The first-order valence-corrected chi connectivity index (χ1v) is 12.0. The van der Waals surface area contributed by atoms with Crippen LogP contribution in [0.15, 0.2) is 24.3 Å². The summed E-state index contributed by atoms with van der Waals surface area (Å²) in [5, 5.41) is 18.5. The molecule has 2 rings (SSSR count). The number of nitrogens with one attached hydrogen (secondary N) is 1. The molecule has 0 spiro atoms. The Bertz CT molecular complexity index is 736. The first-order chi connectivity index (χ1) is 11.7. The predicted molar refractivity (Wildman–Crippen MR) is 103 cm³/mol. The minimum absolute atomic E-state index is 0.0782. The fourth-order valence-corrected chi connectivity index (χ4v) is 3.23. The number of hydrogen-bond donors (Lipinski definition) is 1. The van der Waals surface area contributed by atoms with Gasteiger partial charge < -0.3 is 10.1 Å². The van der Waals surface area contributed by atoms with Crippen molar-refractivity contribution in [2.45, 2.75) is 39.3 Å². The Balaban J connectivity index is 2.18. The number of nitrogens with zero attached hydrogens (tertiary/aromatic N) is 3. The summed E-state index contributed by atoms with van der Waals surface area (Å²) < 4.78 is 7.62. The highest BCUT2D eigenvalue weighted by Crippen LogP contribution is 2.32. The molecule has 0 aliphatic rings. The van der Waals surface area contributed by atoms with E-state index in [2.05, 4.69) is 30.1 Å². The van der Waals surface area contributed by atoms with E-state index in [1.807, 2.05) is 18.7 Å². The second kappa shape index (κ2) is 7.79. The first-order valence-electron chi connectivity index (χ1n) is 8.30. The zero-order chi connectivity index (χ0) is 18.6. The number of non-ortho nitro benzene ring substituents is 1. The molecule has 0 fully saturated rings. The van der Waals surface area contributed by atoms with Crippen LogP contribution in [0.4, 0.5) is 11.5 Å². The number of hydrogen-bond acceptors (Lipinski definition) is 5. The third kappa shape index (κ3) is 4.89. The summed E-state index contributed by atoms with van der Waals surface area (Å²) in [6.45, 7) is 10.1. The molecule has 0 atom stereocenters. The van der Waals surface area contributed by atoms with E-state index < -0.39 is 13.0 Å². The maximum Gasteiger partial charge on any atom is 0.269 e. The van der Waals surface area contributed by atoms with E-state index in [9.17, 15) is 10.1 Å². The molecule has 0 radical (unpaired) electrons. The van der Waals surface area contributed by atoms with Crippen LogP contribution in [0.3, 0.4) is 0 Å². The van der Waals surface area contributed by atoms with Crippen molar-refractivity contribution in [2.75, 3.05) is 19.0 Å². The van der Waals surface area contributed by atoms with E-state index >= 15 is 0 Å². The Kier molecular flexibility index (Phi) is 5.96. The van der Waals surface area contributed by atoms with E-state index in [-0.39, 0.29) is 5.69 Å². The van der Waals surface area contributed by atoms with E-state index in [1.165, 1.54) is 12.1 Å². The first kappa shape index (κ1) is 19.1. The van der Waals surface area contributed by atoms with Gasteiger partial charge in [-0.05, 0) is 30.7 Å². The lowest BCUT2D eigenvalue weighted by molar-refractivity contribution is -0.384. The molecule has 1 heterocycles. The maximum atomic E-state index is 10.8. The van der Waals surface area contributed by atoms with Gasteiger partial charge in [0, 0.05) is 45.1 Å². The minimum atomic E-state index is -1.11. The van der Waals surface area contributed by atoms with Gasteiger partial charge in [0.25, 0.3) is 5.69 Å². The Labute approximate surface area is 149 Å². The van der Waals surface area contributed by atoms with E-state index in [0.29, 0.717) is 6.73 Å². The Hall–Kier alpha value is -2.19. The zero-order valence-corrected chi connectivity index (χ0v) is 16.5. The number of ether oxygens (including phenoxy) is 1. The summed E-state index contributed by atoms with van der Waals surface area (Å²) in [6, 6.07) is 7.63. The number of benzene rings is 1.